The van der Waals surface area contributed by atoms with E-state index in [2.05, 4.69) is 16.0 Å². The van der Waals surface area contributed by atoms with Gasteiger partial charge in [-0.15, -0.1) is 0 Å². The van der Waals surface area contributed by atoms with Crippen molar-refractivity contribution >= 4 is 17.4 Å². The van der Waals surface area contributed by atoms with Gasteiger partial charge in [-0.25, -0.2) is 4.79 Å². The summed E-state index contributed by atoms with van der Waals surface area (Å²) < 4.78 is 0. The second-order valence-corrected chi connectivity index (χ2v) is 4.63. The predicted octanol–water partition coefficient (Wildman–Crippen LogP) is 0.0923. The van der Waals surface area contributed by atoms with Crippen molar-refractivity contribution in [2.45, 2.75) is 6.29 Å². The normalized spacial score (nSPS) is 10.7. The van der Waals surface area contributed by atoms with Gasteiger partial charge in [-0.2, -0.15) is 0 Å². The molecule has 7 heteroatoms. The molecule has 0 heterocycles. The van der Waals surface area contributed by atoms with Crippen LogP contribution < -0.4 is 16.0 Å². The summed E-state index contributed by atoms with van der Waals surface area (Å²) in [6, 6.07) is 6.74. The number of benzene rings is 1. The molecule has 0 atom stereocenters. The second kappa shape index (κ2) is 8.36. The van der Waals surface area contributed by atoms with Crippen LogP contribution in [0.5, 0.6) is 0 Å². The van der Waals surface area contributed by atoms with Gasteiger partial charge in [-0.1, -0.05) is 6.07 Å². The number of nitrogens with one attached hydrogen (secondary N) is 3. The first kappa shape index (κ1) is 16.2. The van der Waals surface area contributed by atoms with E-state index in [9.17, 15) is 4.79 Å². The highest BCUT2D eigenvalue weighted by Gasteiger charge is 2.03. The highest BCUT2D eigenvalue weighted by Crippen LogP contribution is 2.14. The molecule has 20 heavy (non-hydrogen) atoms. The number of aliphatic hydroxyl groups excluding tert-OH is 1. The van der Waals surface area contributed by atoms with Gasteiger partial charge in [0.1, 0.15) is 0 Å². The summed E-state index contributed by atoms with van der Waals surface area (Å²) in [4.78, 5) is 13.6. The number of nitrogens with zero attached hydrogens (tertiary/aromatic N) is 1. The Hall–Kier alpha value is -1.83. The number of rotatable bonds is 7. The van der Waals surface area contributed by atoms with Gasteiger partial charge in [0.05, 0.1) is 6.54 Å². The van der Waals surface area contributed by atoms with Gasteiger partial charge in [0, 0.05) is 24.5 Å². The van der Waals surface area contributed by atoms with Crippen LogP contribution in [0.1, 0.15) is 0 Å². The SMILES string of the molecule is CN(C)CCNC(=O)Nc1cccc(NCC(O)O)c1. The van der Waals surface area contributed by atoms with Crippen LogP contribution in [0.3, 0.4) is 0 Å². The molecule has 112 valence electrons. The Morgan fingerprint density at radius 3 is 2.65 bits per heavy atom. The molecule has 0 saturated heterocycles. The van der Waals surface area contributed by atoms with Crippen LogP contribution in [0, 0.1) is 0 Å². The van der Waals surface area contributed by atoms with E-state index in [1.807, 2.05) is 19.0 Å². The van der Waals surface area contributed by atoms with Crippen LogP contribution in [-0.2, 0) is 0 Å². The van der Waals surface area contributed by atoms with Crippen molar-refractivity contribution in [2.24, 2.45) is 0 Å². The maximum absolute atomic E-state index is 11.6. The van der Waals surface area contributed by atoms with Gasteiger partial charge >= 0.3 is 6.03 Å². The molecule has 1 aromatic carbocycles. The van der Waals surface area contributed by atoms with E-state index in [-0.39, 0.29) is 12.6 Å². The van der Waals surface area contributed by atoms with Gasteiger partial charge < -0.3 is 31.1 Å². The number of hydrogen-bond donors (Lipinski definition) is 5. The quantitative estimate of drug-likeness (QED) is 0.457. The highest BCUT2D eigenvalue weighted by molar-refractivity contribution is 5.89. The molecular weight excluding hydrogens is 260 g/mol. The first-order valence-corrected chi connectivity index (χ1v) is 6.37. The van der Waals surface area contributed by atoms with Crippen molar-refractivity contribution in [2.75, 3.05) is 44.4 Å². The predicted molar refractivity (Wildman–Crippen MR) is 78.7 cm³/mol. The Labute approximate surface area is 118 Å². The van der Waals surface area contributed by atoms with E-state index >= 15 is 0 Å². The molecule has 1 rings (SSSR count). The Kier molecular flexibility index (Phi) is 6.78. The van der Waals surface area contributed by atoms with Crippen molar-refractivity contribution in [3.63, 3.8) is 0 Å². The maximum Gasteiger partial charge on any atom is 0.319 e. The number of anilines is 2. The minimum absolute atomic E-state index is 0.0263. The molecular formula is C13H22N4O3. The van der Waals surface area contributed by atoms with E-state index in [1.54, 1.807) is 24.3 Å². The molecule has 0 aliphatic heterocycles. The number of likely N-dealkylation sites (N-methyl/N-ethyl adjacent to an activating group) is 1. The first-order valence-electron chi connectivity index (χ1n) is 6.37. The number of carbonyl (C=O) groups excluding carboxylic acids is 1. The van der Waals surface area contributed by atoms with Gasteiger partial charge in [0.25, 0.3) is 0 Å². The lowest BCUT2D eigenvalue weighted by molar-refractivity contribution is -0.0275. The summed E-state index contributed by atoms with van der Waals surface area (Å²) in [5.74, 6) is 0. The van der Waals surface area contributed by atoms with E-state index in [4.69, 9.17) is 10.2 Å². The third-order valence-corrected chi connectivity index (χ3v) is 2.45. The molecule has 0 aliphatic carbocycles. The number of hydrogen-bond acceptors (Lipinski definition) is 5. The Morgan fingerprint density at radius 2 is 2.00 bits per heavy atom. The van der Waals surface area contributed by atoms with Crippen LogP contribution in [0.2, 0.25) is 0 Å². The van der Waals surface area contributed by atoms with Gasteiger partial charge in [-0.3, -0.25) is 0 Å². The molecule has 0 bridgehead atoms. The average molecular weight is 282 g/mol. The molecule has 0 aliphatic rings. The lowest BCUT2D eigenvalue weighted by Crippen LogP contribution is -2.34. The molecule has 0 fully saturated rings. The van der Waals surface area contributed by atoms with Crippen molar-refractivity contribution < 1.29 is 15.0 Å². The van der Waals surface area contributed by atoms with Crippen LogP contribution in [0.25, 0.3) is 0 Å². The third kappa shape index (κ3) is 6.93. The standard InChI is InChI=1S/C13H22N4O3/c1-17(2)7-6-14-13(20)16-11-5-3-4-10(8-11)15-9-12(18)19/h3-5,8,12,15,18-19H,6-7,9H2,1-2H3,(H2,14,16,20). The molecule has 0 saturated carbocycles. The van der Waals surface area contributed by atoms with Crippen molar-refractivity contribution in [3.05, 3.63) is 24.3 Å². The molecule has 0 radical (unpaired) electrons. The van der Waals surface area contributed by atoms with E-state index in [0.717, 1.165) is 6.54 Å². The Bertz CT molecular complexity index is 424. The molecule has 1 aromatic rings. The Morgan fingerprint density at radius 1 is 1.30 bits per heavy atom. The zero-order chi connectivity index (χ0) is 15.0. The summed E-state index contributed by atoms with van der Waals surface area (Å²) in [5, 5.41) is 25.8. The summed E-state index contributed by atoms with van der Waals surface area (Å²) in [6.45, 7) is 1.36. The average Bonchev–Trinajstić information content (AvgIpc) is 2.36. The lowest BCUT2D eigenvalue weighted by atomic mass is 10.2. The topological polar surface area (TPSA) is 96.9 Å². The molecule has 7 nitrogen and oxygen atoms in total. The summed E-state index contributed by atoms with van der Waals surface area (Å²) in [5.41, 5.74) is 1.33. The summed E-state index contributed by atoms with van der Waals surface area (Å²) in [6.07, 6.45) is -1.42. The molecule has 0 aromatic heterocycles. The molecule has 2 amide bonds. The third-order valence-electron chi connectivity index (χ3n) is 2.45. The zero-order valence-electron chi connectivity index (χ0n) is 11.8. The number of amides is 2. The molecule has 0 unspecified atom stereocenters. The summed E-state index contributed by atoms with van der Waals surface area (Å²) in [7, 11) is 3.87. The molecule has 5 N–H and O–H groups in total. The number of urea groups is 1. The maximum atomic E-state index is 11.6. The smallest absolute Gasteiger partial charge is 0.319 e. The first-order chi connectivity index (χ1) is 9.47. The van der Waals surface area contributed by atoms with Crippen LogP contribution in [0.4, 0.5) is 16.2 Å². The fourth-order valence-corrected chi connectivity index (χ4v) is 1.48. The highest BCUT2D eigenvalue weighted by atomic mass is 16.5. The van der Waals surface area contributed by atoms with Gasteiger partial charge in [0.15, 0.2) is 6.29 Å². The van der Waals surface area contributed by atoms with E-state index in [0.29, 0.717) is 17.9 Å². The van der Waals surface area contributed by atoms with Gasteiger partial charge in [-0.05, 0) is 32.3 Å². The minimum Gasteiger partial charge on any atom is -0.380 e. The Balaban J connectivity index is 2.42. The largest absolute Gasteiger partial charge is 0.380 e. The summed E-state index contributed by atoms with van der Waals surface area (Å²) >= 11 is 0. The second-order valence-electron chi connectivity index (χ2n) is 4.63. The van der Waals surface area contributed by atoms with Crippen molar-refractivity contribution in [1.82, 2.24) is 10.2 Å². The minimum atomic E-state index is -1.42. The van der Waals surface area contributed by atoms with Crippen LogP contribution >= 0.6 is 0 Å². The van der Waals surface area contributed by atoms with E-state index < -0.39 is 6.29 Å². The van der Waals surface area contributed by atoms with Crippen molar-refractivity contribution in [3.8, 4) is 0 Å². The molecule has 0 spiro atoms. The van der Waals surface area contributed by atoms with Crippen LogP contribution in [0.15, 0.2) is 24.3 Å². The lowest BCUT2D eigenvalue weighted by Gasteiger charge is -2.12. The fraction of sp³-hybridized carbons (Fsp3) is 0.462. The monoisotopic (exact) mass is 282 g/mol. The number of carbonyl (C=O) groups is 1. The van der Waals surface area contributed by atoms with Crippen LogP contribution in [-0.4, -0.2) is 61.2 Å². The zero-order valence-corrected chi connectivity index (χ0v) is 11.8. The van der Waals surface area contributed by atoms with Crippen molar-refractivity contribution in [1.29, 1.82) is 0 Å². The van der Waals surface area contributed by atoms with E-state index in [1.165, 1.54) is 0 Å². The fourth-order valence-electron chi connectivity index (χ4n) is 1.48. The van der Waals surface area contributed by atoms with Gasteiger partial charge in [0.2, 0.25) is 0 Å². The number of aliphatic hydroxyl groups is 2.